The Bertz CT molecular complexity index is 1980. The highest BCUT2D eigenvalue weighted by molar-refractivity contribution is 7.90. The summed E-state index contributed by atoms with van der Waals surface area (Å²) in [5, 5.41) is 4.28. The van der Waals surface area contributed by atoms with E-state index in [2.05, 4.69) is 50.7 Å². The molecular weight excluding hydrogens is 740 g/mol. The van der Waals surface area contributed by atoms with Crippen LogP contribution in [-0.2, 0) is 25.9 Å². The fraction of sp³-hybridized carbons (Fsp3) is 0.488. The third-order valence-electron chi connectivity index (χ3n) is 11.7. The molecule has 3 heterocycles. The van der Waals surface area contributed by atoms with Gasteiger partial charge in [0.25, 0.3) is 15.9 Å². The van der Waals surface area contributed by atoms with Crippen LogP contribution in [0.3, 0.4) is 0 Å². The topological polar surface area (TPSA) is 105 Å². The first kappa shape index (κ1) is 38.9. The minimum absolute atomic E-state index is 0.116. The average molecular weight is 792 g/mol. The zero-order chi connectivity index (χ0) is 38.0. The largest absolute Gasteiger partial charge is 0.507 e. The number of hydrogen-bond donors (Lipinski definition) is 2. The Hall–Kier alpha value is -3.39. The zero-order valence-corrected chi connectivity index (χ0v) is 33.9. The molecule has 2 bridgehead atoms. The lowest BCUT2D eigenvalue weighted by atomic mass is 9.73. The van der Waals surface area contributed by atoms with E-state index in [1.807, 2.05) is 36.2 Å². The molecule has 0 aromatic heterocycles. The molecule has 0 radical (unpaired) electrons. The van der Waals surface area contributed by atoms with Gasteiger partial charge in [0.2, 0.25) is 0 Å². The van der Waals surface area contributed by atoms with Crippen molar-refractivity contribution in [1.82, 2.24) is 19.8 Å². The smallest absolute Gasteiger partial charge is 0.370 e. The predicted molar refractivity (Wildman–Crippen MR) is 218 cm³/mol. The molecule has 3 fully saturated rings. The number of fused-ring (bicyclic) bond motifs is 2. The Morgan fingerprint density at radius 2 is 1.78 bits per heavy atom. The lowest BCUT2D eigenvalue weighted by Crippen LogP contribution is -2.47. The Kier molecular flexibility index (Phi) is 11.8. The van der Waals surface area contributed by atoms with Gasteiger partial charge in [-0.2, -0.15) is 0 Å². The van der Waals surface area contributed by atoms with E-state index in [0.29, 0.717) is 22.7 Å². The number of sulfonamides is 1. The van der Waals surface area contributed by atoms with Crippen molar-refractivity contribution in [2.75, 3.05) is 75.8 Å². The maximum absolute atomic E-state index is 13.3. The van der Waals surface area contributed by atoms with Crippen LogP contribution < -0.4 is 19.8 Å². The van der Waals surface area contributed by atoms with E-state index in [-0.39, 0.29) is 27.5 Å². The summed E-state index contributed by atoms with van der Waals surface area (Å²) in [5.41, 5.74) is 6.46. The van der Waals surface area contributed by atoms with Crippen LogP contribution in [0, 0.1) is 5.41 Å². The van der Waals surface area contributed by atoms with E-state index >= 15 is 0 Å². The predicted octanol–water partition coefficient (Wildman–Crippen LogP) is 5.90. The van der Waals surface area contributed by atoms with Crippen molar-refractivity contribution in [2.45, 2.75) is 67.8 Å². The molecule has 3 aromatic carbocycles. The Morgan fingerprint density at radius 3 is 2.44 bits per heavy atom. The lowest BCUT2D eigenvalue weighted by Gasteiger charge is -2.39. The summed E-state index contributed by atoms with van der Waals surface area (Å²) in [6.07, 6.45) is 5.50. The highest BCUT2D eigenvalue weighted by atomic mass is 35.5. The van der Waals surface area contributed by atoms with Crippen LogP contribution in [0.2, 0.25) is 5.02 Å². The van der Waals surface area contributed by atoms with E-state index in [0.717, 1.165) is 88.9 Å². The third-order valence-corrected chi connectivity index (χ3v) is 13.8. The minimum Gasteiger partial charge on any atom is -0.370 e. The van der Waals surface area contributed by atoms with Crippen molar-refractivity contribution >= 4 is 56.1 Å². The standard InChI is InChI=1S/C41H51ClN6O4S2/c1-41(2)16-15-37(29-5-9-32(42)10-6-29)31(25-41)27-46-19-21-47(22-20-46)34-11-7-30(8-12-34)40(49)44-54(51,52)36-13-14-38(39(24-36)53-50)45(3)17-4-18-48-28-33-23-35(48)26-43-33/h5-14,24,33,35,43H,4,15-23,25-28H2,1-3H3/p+1. The van der Waals surface area contributed by atoms with Gasteiger partial charge in [0.15, 0.2) is 0 Å². The van der Waals surface area contributed by atoms with Crippen LogP contribution in [0.5, 0.6) is 0 Å². The number of nitrogens with zero attached hydrogens (tertiary/aromatic N) is 4. The summed E-state index contributed by atoms with van der Waals surface area (Å²) in [6, 6.07) is 21.0. The van der Waals surface area contributed by atoms with Gasteiger partial charge in [0.1, 0.15) is 5.69 Å². The molecule has 4 aliphatic rings. The molecule has 13 heteroatoms. The van der Waals surface area contributed by atoms with Gasteiger partial charge < -0.3 is 15.1 Å². The molecule has 288 valence electrons. The number of amides is 1. The van der Waals surface area contributed by atoms with Crippen LogP contribution in [-0.4, -0.2) is 102 Å². The molecule has 1 amide bonds. The molecule has 3 aromatic rings. The van der Waals surface area contributed by atoms with Gasteiger partial charge in [-0.15, -0.1) is 0 Å². The first-order chi connectivity index (χ1) is 25.9. The molecule has 7 rings (SSSR count). The highest BCUT2D eigenvalue weighted by Crippen LogP contribution is 2.43. The quantitative estimate of drug-likeness (QED) is 0.205. The molecule has 2 unspecified atom stereocenters. The summed E-state index contributed by atoms with van der Waals surface area (Å²) < 4.78 is 40.9. The van der Waals surface area contributed by atoms with E-state index in [1.54, 1.807) is 18.2 Å². The zero-order valence-electron chi connectivity index (χ0n) is 31.5. The Labute approximate surface area is 329 Å². The number of carbonyl (C=O) groups excluding carboxylic acids is 1. The van der Waals surface area contributed by atoms with E-state index in [1.165, 1.54) is 41.7 Å². The number of likely N-dealkylation sites (tertiary alicyclic amines) is 1. The van der Waals surface area contributed by atoms with Gasteiger partial charge in [-0.3, -0.25) is 14.6 Å². The van der Waals surface area contributed by atoms with Crippen molar-refractivity contribution in [3.63, 3.8) is 0 Å². The van der Waals surface area contributed by atoms with Crippen LogP contribution in [0.25, 0.3) is 5.57 Å². The maximum Gasteiger partial charge on any atom is 0.507 e. The molecule has 0 saturated carbocycles. The number of rotatable bonds is 13. The first-order valence-corrected chi connectivity index (χ1v) is 21.7. The van der Waals surface area contributed by atoms with Crippen molar-refractivity contribution in [3.05, 3.63) is 88.5 Å². The van der Waals surface area contributed by atoms with Gasteiger partial charge >= 0.3 is 16.6 Å². The van der Waals surface area contributed by atoms with Crippen molar-refractivity contribution in [2.24, 2.45) is 5.41 Å². The second-order valence-corrected chi connectivity index (χ2v) is 18.9. The number of allylic oxidation sites excluding steroid dienone is 1. The molecular formula is C41H52ClN6O4S2+. The molecule has 3 saturated heterocycles. The molecule has 0 spiro atoms. The monoisotopic (exact) mass is 791 g/mol. The molecule has 2 N–H and O–H groups in total. The van der Waals surface area contributed by atoms with Crippen LogP contribution >= 0.6 is 11.6 Å². The molecule has 2 atom stereocenters. The van der Waals surface area contributed by atoms with Crippen molar-refractivity contribution in [3.8, 4) is 0 Å². The van der Waals surface area contributed by atoms with Crippen LogP contribution in [0.1, 0.15) is 61.9 Å². The number of nitrogens with one attached hydrogen (secondary N) is 2. The number of halogens is 1. The number of hydrogen-bond acceptors (Lipinski definition) is 9. The highest BCUT2D eigenvalue weighted by Gasteiger charge is 2.37. The van der Waals surface area contributed by atoms with Gasteiger partial charge in [0, 0.05) is 105 Å². The lowest BCUT2D eigenvalue weighted by molar-refractivity contribution is 0.0981. The number of anilines is 2. The second-order valence-electron chi connectivity index (χ2n) is 16.2. The third kappa shape index (κ3) is 9.01. The average Bonchev–Trinajstić information content (AvgIpc) is 3.79. The normalized spacial score (nSPS) is 21.7. The molecule has 3 aliphatic heterocycles. The molecule has 10 nitrogen and oxygen atoms in total. The van der Waals surface area contributed by atoms with Gasteiger partial charge in [-0.25, -0.2) is 13.1 Å². The Morgan fingerprint density at radius 1 is 1.04 bits per heavy atom. The summed E-state index contributed by atoms with van der Waals surface area (Å²) >= 11 is 6.45. The minimum atomic E-state index is -4.20. The van der Waals surface area contributed by atoms with Crippen LogP contribution in [0.4, 0.5) is 11.4 Å². The van der Waals surface area contributed by atoms with E-state index in [4.69, 9.17) is 11.6 Å². The van der Waals surface area contributed by atoms with Gasteiger partial charge in [0.05, 0.1) is 4.90 Å². The molecule has 54 heavy (non-hydrogen) atoms. The summed E-state index contributed by atoms with van der Waals surface area (Å²) in [5.74, 6) is -0.713. The second kappa shape index (κ2) is 16.4. The SMILES string of the molecule is CN(CCCN1CC2CC1CN2)c1ccc(S(=O)(=O)NC(=O)c2ccc(N3CCN(CC4=C(c5ccc(Cl)cc5)CCC(C)(C)C4)CC3)cc2)cc1[S+]=O. The summed E-state index contributed by atoms with van der Waals surface area (Å²) in [7, 11) is -2.29. The number of piperazine rings is 2. The van der Waals surface area contributed by atoms with Gasteiger partial charge in [-0.05, 0) is 97.2 Å². The Balaban J connectivity index is 0.922. The number of benzene rings is 3. The first-order valence-electron chi connectivity index (χ1n) is 19.1. The van der Waals surface area contributed by atoms with Crippen molar-refractivity contribution in [1.29, 1.82) is 0 Å². The summed E-state index contributed by atoms with van der Waals surface area (Å²) in [6.45, 7) is 13.1. The fourth-order valence-electron chi connectivity index (χ4n) is 8.66. The van der Waals surface area contributed by atoms with Crippen molar-refractivity contribution < 1.29 is 17.4 Å². The molecule has 1 aliphatic carbocycles. The van der Waals surface area contributed by atoms with E-state index in [9.17, 15) is 17.4 Å². The number of carbonyl (C=O) groups is 1. The van der Waals surface area contributed by atoms with Gasteiger partial charge in [-0.1, -0.05) is 43.2 Å². The summed E-state index contributed by atoms with van der Waals surface area (Å²) in [4.78, 5) is 22.7. The fourth-order valence-corrected chi connectivity index (χ4v) is 10.3. The van der Waals surface area contributed by atoms with E-state index < -0.39 is 15.9 Å². The van der Waals surface area contributed by atoms with Crippen LogP contribution in [0.15, 0.2) is 82.1 Å². The maximum atomic E-state index is 13.3.